The minimum absolute atomic E-state index is 0.840. The van der Waals surface area contributed by atoms with Gasteiger partial charge in [0.2, 0.25) is 0 Å². The number of hydrogen-bond acceptors (Lipinski definition) is 2. The molecule has 0 radical (unpaired) electrons. The molecule has 9 heavy (non-hydrogen) atoms. The predicted molar refractivity (Wildman–Crippen MR) is 37.4 cm³/mol. The molecule has 0 atom stereocenters. The maximum absolute atomic E-state index is 9.67. The van der Waals surface area contributed by atoms with Gasteiger partial charge in [-0.25, -0.2) is 0 Å². The van der Waals surface area contributed by atoms with Gasteiger partial charge in [-0.2, -0.15) is 0 Å². The van der Waals surface area contributed by atoms with Gasteiger partial charge in [-0.1, -0.05) is 30.3 Å². The average molecular weight is 120 g/mol. The Labute approximate surface area is 53.4 Å². The number of hydrogen-bond donors (Lipinski definition) is 0. The summed E-state index contributed by atoms with van der Waals surface area (Å²) in [4.78, 5) is 0. The summed E-state index contributed by atoms with van der Waals surface area (Å²) in [5.41, 5.74) is 0.840. The van der Waals surface area contributed by atoms with Gasteiger partial charge in [-0.15, -0.1) is 0 Å². The maximum atomic E-state index is 9.67. The van der Waals surface area contributed by atoms with Crippen LogP contribution in [0, 0.1) is 5.21 Å². The predicted octanol–water partition coefficient (Wildman–Crippen LogP) is 1.60. The van der Waals surface area contributed by atoms with Gasteiger partial charge in [0.05, 0.1) is 0 Å². The summed E-state index contributed by atoms with van der Waals surface area (Å²) in [6, 6.07) is 9.25. The van der Waals surface area contributed by atoms with Crippen LogP contribution in [-0.2, 0) is 0 Å². The van der Waals surface area contributed by atoms with Gasteiger partial charge >= 0.3 is 0 Å². The van der Waals surface area contributed by atoms with E-state index in [2.05, 4.69) is 5.16 Å². The Hall–Kier alpha value is -1.31. The fourth-order valence-electron chi connectivity index (χ4n) is 0.600. The van der Waals surface area contributed by atoms with Crippen molar-refractivity contribution in [2.45, 2.75) is 0 Å². The summed E-state index contributed by atoms with van der Waals surface area (Å²) in [6.45, 7) is 0. The third kappa shape index (κ3) is 1.57. The molecule has 0 fully saturated rings. The first-order chi connectivity index (χ1) is 4.43. The molecule has 0 aliphatic carbocycles. The van der Waals surface area contributed by atoms with Crippen LogP contribution in [-0.4, -0.2) is 6.21 Å². The first-order valence-corrected chi connectivity index (χ1v) is 2.64. The SMILES string of the molecule is [O-]N=Cc1ccccc1. The first-order valence-electron chi connectivity index (χ1n) is 2.64. The van der Waals surface area contributed by atoms with E-state index in [0.29, 0.717) is 0 Å². The van der Waals surface area contributed by atoms with Gasteiger partial charge in [0, 0.05) is 6.21 Å². The summed E-state index contributed by atoms with van der Waals surface area (Å²) < 4.78 is 0. The highest BCUT2D eigenvalue weighted by molar-refractivity contribution is 5.79. The van der Waals surface area contributed by atoms with Crippen molar-refractivity contribution in [2.75, 3.05) is 0 Å². The molecule has 0 saturated carbocycles. The molecule has 2 heteroatoms. The number of benzene rings is 1. The highest BCUT2D eigenvalue weighted by atomic mass is 16.4. The lowest BCUT2D eigenvalue weighted by molar-refractivity contribution is 1.60. The quantitative estimate of drug-likeness (QED) is 0.409. The molecule has 1 rings (SSSR count). The highest BCUT2D eigenvalue weighted by Gasteiger charge is 1.78. The van der Waals surface area contributed by atoms with Crippen molar-refractivity contribution in [3.05, 3.63) is 41.1 Å². The third-order valence-electron chi connectivity index (χ3n) is 1.00. The summed E-state index contributed by atoms with van der Waals surface area (Å²) in [6.07, 6.45) is 1.28. The van der Waals surface area contributed by atoms with Crippen LogP contribution in [0.2, 0.25) is 0 Å². The van der Waals surface area contributed by atoms with Crippen LogP contribution in [0.25, 0.3) is 0 Å². The van der Waals surface area contributed by atoms with Gasteiger partial charge < -0.3 is 10.4 Å². The van der Waals surface area contributed by atoms with E-state index in [1.54, 1.807) is 0 Å². The van der Waals surface area contributed by atoms with E-state index < -0.39 is 0 Å². The Morgan fingerprint density at radius 2 is 1.89 bits per heavy atom. The number of rotatable bonds is 1. The molecule has 0 unspecified atom stereocenters. The normalized spacial score (nSPS) is 10.2. The smallest absolute Gasteiger partial charge is 0.0229 e. The molecule has 1 aromatic carbocycles. The van der Waals surface area contributed by atoms with Crippen molar-refractivity contribution < 1.29 is 0 Å². The third-order valence-corrected chi connectivity index (χ3v) is 1.00. The second-order valence-electron chi connectivity index (χ2n) is 1.65. The van der Waals surface area contributed by atoms with Crippen molar-refractivity contribution >= 4 is 6.21 Å². The zero-order chi connectivity index (χ0) is 6.53. The molecule has 0 aromatic heterocycles. The minimum Gasteiger partial charge on any atom is -0.792 e. The van der Waals surface area contributed by atoms with Gasteiger partial charge in [-0.05, 0) is 5.56 Å². The fourth-order valence-corrected chi connectivity index (χ4v) is 0.600. The average Bonchev–Trinajstić information content (AvgIpc) is 1.91. The Morgan fingerprint density at radius 1 is 1.22 bits per heavy atom. The van der Waals surface area contributed by atoms with Crippen molar-refractivity contribution in [3.63, 3.8) is 0 Å². The topological polar surface area (TPSA) is 35.4 Å². The molecule has 0 spiro atoms. The summed E-state index contributed by atoms with van der Waals surface area (Å²) in [7, 11) is 0. The van der Waals surface area contributed by atoms with E-state index in [1.165, 1.54) is 6.21 Å². The van der Waals surface area contributed by atoms with Crippen LogP contribution in [0.15, 0.2) is 35.5 Å². The zero-order valence-electron chi connectivity index (χ0n) is 4.82. The molecule has 0 aliphatic rings. The standard InChI is InChI=1S/C7H7NO/c9-8-6-7-4-2-1-3-5-7/h1-6,9H/p-1. The molecule has 0 bridgehead atoms. The van der Waals surface area contributed by atoms with Crippen LogP contribution in [0.3, 0.4) is 0 Å². The van der Waals surface area contributed by atoms with Crippen LogP contribution >= 0.6 is 0 Å². The van der Waals surface area contributed by atoms with Crippen LogP contribution in [0.4, 0.5) is 0 Å². The molecular weight excluding hydrogens is 114 g/mol. The Balaban J connectivity index is 2.85. The second-order valence-corrected chi connectivity index (χ2v) is 1.65. The lowest BCUT2D eigenvalue weighted by Crippen LogP contribution is -1.75. The highest BCUT2D eigenvalue weighted by Crippen LogP contribution is 1.92. The van der Waals surface area contributed by atoms with E-state index in [-0.39, 0.29) is 0 Å². The Bertz CT molecular complexity index is 193. The van der Waals surface area contributed by atoms with Gasteiger partial charge in [0.25, 0.3) is 0 Å². The van der Waals surface area contributed by atoms with Crippen molar-refractivity contribution in [1.82, 2.24) is 0 Å². The fraction of sp³-hybridized carbons (Fsp3) is 0. The first kappa shape index (κ1) is 5.82. The molecular formula is C7H6NO-. The van der Waals surface area contributed by atoms with E-state index >= 15 is 0 Å². The van der Waals surface area contributed by atoms with Crippen molar-refractivity contribution in [1.29, 1.82) is 0 Å². The molecule has 0 heterocycles. The molecule has 0 saturated heterocycles. The van der Waals surface area contributed by atoms with Crippen LogP contribution in [0.5, 0.6) is 0 Å². The zero-order valence-corrected chi connectivity index (χ0v) is 4.82. The second kappa shape index (κ2) is 2.87. The van der Waals surface area contributed by atoms with E-state index in [0.717, 1.165) is 5.56 Å². The maximum Gasteiger partial charge on any atom is 0.0229 e. The monoisotopic (exact) mass is 120 g/mol. The minimum atomic E-state index is 0.840. The van der Waals surface area contributed by atoms with Crippen LogP contribution in [0.1, 0.15) is 5.56 Å². The molecule has 46 valence electrons. The Kier molecular flexibility index (Phi) is 1.85. The van der Waals surface area contributed by atoms with E-state index in [9.17, 15) is 5.21 Å². The summed E-state index contributed by atoms with van der Waals surface area (Å²) in [5, 5.41) is 12.3. The van der Waals surface area contributed by atoms with Crippen LogP contribution < -0.4 is 0 Å². The number of nitrogens with zero attached hydrogens (tertiary/aromatic N) is 1. The Morgan fingerprint density at radius 3 is 2.44 bits per heavy atom. The lowest BCUT2D eigenvalue weighted by Gasteiger charge is -1.90. The summed E-state index contributed by atoms with van der Waals surface area (Å²) in [5.74, 6) is 0. The van der Waals surface area contributed by atoms with Crippen molar-refractivity contribution in [3.8, 4) is 0 Å². The molecule has 0 N–H and O–H groups in total. The molecule has 2 nitrogen and oxygen atoms in total. The summed E-state index contributed by atoms with van der Waals surface area (Å²) >= 11 is 0. The van der Waals surface area contributed by atoms with Gasteiger partial charge in [0.1, 0.15) is 0 Å². The van der Waals surface area contributed by atoms with Crippen molar-refractivity contribution in [2.24, 2.45) is 5.16 Å². The molecule has 0 amide bonds. The van der Waals surface area contributed by atoms with Gasteiger partial charge in [-0.3, -0.25) is 0 Å². The molecule has 0 aliphatic heterocycles. The lowest BCUT2D eigenvalue weighted by atomic mass is 10.2. The van der Waals surface area contributed by atoms with E-state index in [4.69, 9.17) is 0 Å². The molecule has 1 aromatic rings. The van der Waals surface area contributed by atoms with Gasteiger partial charge in [0.15, 0.2) is 0 Å². The largest absolute Gasteiger partial charge is 0.792 e. The van der Waals surface area contributed by atoms with E-state index in [1.807, 2.05) is 30.3 Å².